The lowest BCUT2D eigenvalue weighted by atomic mass is 10.1. The van der Waals surface area contributed by atoms with Crippen molar-refractivity contribution in [2.45, 2.75) is 26.0 Å². The molecule has 1 rings (SSSR count). The third kappa shape index (κ3) is 4.52. The monoisotopic (exact) mass is 241 g/mol. The van der Waals surface area contributed by atoms with Gasteiger partial charge in [0, 0.05) is 0 Å². The summed E-state index contributed by atoms with van der Waals surface area (Å²) in [6.07, 6.45) is -1.35. The number of aryl methyl sites for hydroxylation is 1. The van der Waals surface area contributed by atoms with Gasteiger partial charge < -0.3 is 21.0 Å². The number of nitrogens with one attached hydrogen (secondary N) is 1. The van der Waals surface area contributed by atoms with E-state index in [1.807, 2.05) is 38.1 Å². The van der Waals surface area contributed by atoms with Crippen LogP contribution in [0, 0.1) is 6.92 Å². The second-order valence-corrected chi connectivity index (χ2v) is 3.84. The van der Waals surface area contributed by atoms with E-state index in [2.05, 4.69) is 5.32 Å². The minimum atomic E-state index is -1.35. The standard InChI is InChI=1S/C12H17NO3.H2O/c1-8-3-5-10(6-4-8)9(2)13-12(16)11(15)7-14;/h3-6,9,11,14-15H,7H2,1-2H3,(H,13,16);1H2. The van der Waals surface area contributed by atoms with Gasteiger partial charge in [0.1, 0.15) is 0 Å². The molecular weight excluding hydrogens is 222 g/mol. The Kier molecular flexibility index (Phi) is 6.42. The maximum absolute atomic E-state index is 11.3. The summed E-state index contributed by atoms with van der Waals surface area (Å²) in [5.41, 5.74) is 2.11. The summed E-state index contributed by atoms with van der Waals surface area (Å²) in [7, 11) is 0. The van der Waals surface area contributed by atoms with Crippen LogP contribution in [0.1, 0.15) is 24.1 Å². The van der Waals surface area contributed by atoms with Gasteiger partial charge >= 0.3 is 0 Å². The summed E-state index contributed by atoms with van der Waals surface area (Å²) in [5.74, 6) is -0.560. The Balaban J connectivity index is 0.00000256. The molecule has 5 N–H and O–H groups in total. The highest BCUT2D eigenvalue weighted by Crippen LogP contribution is 2.12. The highest BCUT2D eigenvalue weighted by Gasteiger charge is 2.16. The maximum atomic E-state index is 11.3. The van der Waals surface area contributed by atoms with Crippen LogP contribution < -0.4 is 5.32 Å². The van der Waals surface area contributed by atoms with Gasteiger partial charge in [-0.2, -0.15) is 0 Å². The highest BCUT2D eigenvalue weighted by molar-refractivity contribution is 5.80. The fourth-order valence-electron chi connectivity index (χ4n) is 1.33. The van der Waals surface area contributed by atoms with Gasteiger partial charge in [-0.25, -0.2) is 0 Å². The third-order valence-electron chi connectivity index (χ3n) is 2.41. The quantitative estimate of drug-likeness (QED) is 0.674. The summed E-state index contributed by atoms with van der Waals surface area (Å²) < 4.78 is 0. The second-order valence-electron chi connectivity index (χ2n) is 3.84. The van der Waals surface area contributed by atoms with Gasteiger partial charge in [-0.1, -0.05) is 29.8 Å². The fraction of sp³-hybridized carbons (Fsp3) is 0.417. The first kappa shape index (κ1) is 15.6. The van der Waals surface area contributed by atoms with Crippen LogP contribution in [-0.4, -0.2) is 34.3 Å². The minimum absolute atomic E-state index is 0. The molecule has 0 saturated heterocycles. The van der Waals surface area contributed by atoms with Crippen molar-refractivity contribution in [3.8, 4) is 0 Å². The molecule has 5 heteroatoms. The molecule has 0 aliphatic carbocycles. The molecule has 0 bridgehead atoms. The van der Waals surface area contributed by atoms with Crippen molar-refractivity contribution in [2.24, 2.45) is 0 Å². The molecule has 1 aromatic carbocycles. The molecule has 1 aromatic rings. The van der Waals surface area contributed by atoms with E-state index in [4.69, 9.17) is 10.2 Å². The Morgan fingerprint density at radius 2 is 1.88 bits per heavy atom. The molecule has 0 fully saturated rings. The Labute approximate surface area is 100 Å². The molecule has 1 amide bonds. The molecule has 0 aliphatic rings. The molecule has 17 heavy (non-hydrogen) atoms. The number of carbonyl (C=O) groups is 1. The van der Waals surface area contributed by atoms with Gasteiger partial charge in [0.15, 0.2) is 6.10 Å². The van der Waals surface area contributed by atoms with E-state index in [0.29, 0.717) is 0 Å². The summed E-state index contributed by atoms with van der Waals surface area (Å²) in [6.45, 7) is 3.25. The zero-order chi connectivity index (χ0) is 12.1. The smallest absolute Gasteiger partial charge is 0.251 e. The van der Waals surface area contributed by atoms with Crippen molar-refractivity contribution in [1.82, 2.24) is 5.32 Å². The lowest BCUT2D eigenvalue weighted by Crippen LogP contribution is -2.38. The number of hydrogen-bond donors (Lipinski definition) is 3. The first-order valence-corrected chi connectivity index (χ1v) is 5.20. The van der Waals surface area contributed by atoms with Gasteiger partial charge in [-0.05, 0) is 19.4 Å². The van der Waals surface area contributed by atoms with Crippen LogP contribution in [0.3, 0.4) is 0 Å². The molecule has 2 atom stereocenters. The van der Waals surface area contributed by atoms with E-state index < -0.39 is 18.6 Å². The highest BCUT2D eigenvalue weighted by atomic mass is 16.3. The van der Waals surface area contributed by atoms with Crippen LogP contribution in [0.4, 0.5) is 0 Å². The predicted molar refractivity (Wildman–Crippen MR) is 64.4 cm³/mol. The average molecular weight is 241 g/mol. The van der Waals surface area contributed by atoms with E-state index in [1.165, 1.54) is 0 Å². The molecule has 96 valence electrons. The van der Waals surface area contributed by atoms with E-state index >= 15 is 0 Å². The Morgan fingerprint density at radius 1 is 1.35 bits per heavy atom. The van der Waals surface area contributed by atoms with Crippen molar-refractivity contribution in [3.63, 3.8) is 0 Å². The molecule has 0 heterocycles. The number of aliphatic hydroxyl groups is 2. The van der Waals surface area contributed by atoms with Crippen LogP contribution in [-0.2, 0) is 4.79 Å². The molecule has 2 unspecified atom stereocenters. The normalized spacial score (nSPS) is 13.4. The van der Waals surface area contributed by atoms with Gasteiger partial charge in [0.2, 0.25) is 0 Å². The Morgan fingerprint density at radius 3 is 2.35 bits per heavy atom. The van der Waals surface area contributed by atoms with Crippen molar-refractivity contribution < 1.29 is 20.5 Å². The van der Waals surface area contributed by atoms with Gasteiger partial charge in [0.25, 0.3) is 5.91 Å². The van der Waals surface area contributed by atoms with Crippen LogP contribution in [0.5, 0.6) is 0 Å². The van der Waals surface area contributed by atoms with Gasteiger partial charge in [-0.15, -0.1) is 0 Å². The topological polar surface area (TPSA) is 101 Å². The Bertz CT molecular complexity index is 350. The predicted octanol–water partition coefficient (Wildman–Crippen LogP) is -0.299. The molecule has 0 aromatic heterocycles. The minimum Gasteiger partial charge on any atom is -0.412 e. The summed E-state index contributed by atoms with van der Waals surface area (Å²) in [6, 6.07) is 7.58. The van der Waals surface area contributed by atoms with E-state index in [-0.39, 0.29) is 11.5 Å². The lowest BCUT2D eigenvalue weighted by molar-refractivity contribution is -0.131. The first-order valence-electron chi connectivity index (χ1n) is 5.20. The number of hydrogen-bond acceptors (Lipinski definition) is 3. The molecule has 0 aliphatic heterocycles. The van der Waals surface area contributed by atoms with Crippen molar-refractivity contribution in [3.05, 3.63) is 35.4 Å². The third-order valence-corrected chi connectivity index (χ3v) is 2.41. The molecular formula is C12H19NO4. The average Bonchev–Trinajstić information content (AvgIpc) is 2.28. The van der Waals surface area contributed by atoms with Crippen LogP contribution >= 0.6 is 0 Å². The fourth-order valence-corrected chi connectivity index (χ4v) is 1.33. The zero-order valence-corrected chi connectivity index (χ0v) is 9.97. The number of rotatable bonds is 4. The van der Waals surface area contributed by atoms with Crippen LogP contribution in [0.2, 0.25) is 0 Å². The number of amides is 1. The van der Waals surface area contributed by atoms with Crippen LogP contribution in [0.25, 0.3) is 0 Å². The molecule has 0 spiro atoms. The number of aliphatic hydroxyl groups excluding tert-OH is 2. The van der Waals surface area contributed by atoms with Crippen molar-refractivity contribution in [2.75, 3.05) is 6.61 Å². The summed E-state index contributed by atoms with van der Waals surface area (Å²) in [4.78, 5) is 11.3. The lowest BCUT2D eigenvalue weighted by Gasteiger charge is -2.16. The summed E-state index contributed by atoms with van der Waals surface area (Å²) in [5, 5.41) is 20.3. The number of carbonyl (C=O) groups excluding carboxylic acids is 1. The van der Waals surface area contributed by atoms with Crippen LogP contribution in [0.15, 0.2) is 24.3 Å². The van der Waals surface area contributed by atoms with Gasteiger partial charge in [-0.3, -0.25) is 4.79 Å². The summed E-state index contributed by atoms with van der Waals surface area (Å²) >= 11 is 0. The number of benzene rings is 1. The Hall–Kier alpha value is -1.43. The van der Waals surface area contributed by atoms with Crippen molar-refractivity contribution >= 4 is 5.91 Å². The van der Waals surface area contributed by atoms with E-state index in [9.17, 15) is 4.79 Å². The van der Waals surface area contributed by atoms with E-state index in [1.54, 1.807) is 0 Å². The SMILES string of the molecule is Cc1ccc(C(C)NC(=O)C(O)CO)cc1.O. The van der Waals surface area contributed by atoms with E-state index in [0.717, 1.165) is 11.1 Å². The largest absolute Gasteiger partial charge is 0.412 e. The molecule has 0 saturated carbocycles. The maximum Gasteiger partial charge on any atom is 0.251 e. The first-order chi connectivity index (χ1) is 7.54. The molecule has 5 nitrogen and oxygen atoms in total. The van der Waals surface area contributed by atoms with Crippen molar-refractivity contribution in [1.29, 1.82) is 0 Å². The zero-order valence-electron chi connectivity index (χ0n) is 9.97. The molecule has 0 radical (unpaired) electrons. The van der Waals surface area contributed by atoms with Gasteiger partial charge in [0.05, 0.1) is 12.6 Å². The second kappa shape index (κ2) is 7.01.